The summed E-state index contributed by atoms with van der Waals surface area (Å²) >= 11 is 1.74. The lowest BCUT2D eigenvalue weighted by Gasteiger charge is -2.33. The van der Waals surface area contributed by atoms with Crippen molar-refractivity contribution in [3.05, 3.63) is 59.6 Å². The number of carbonyl (C=O) groups excluding carboxylic acids is 1. The minimum Gasteiger partial charge on any atom is -0.356 e. The van der Waals surface area contributed by atoms with Gasteiger partial charge in [-0.2, -0.15) is 0 Å². The van der Waals surface area contributed by atoms with Crippen LogP contribution in [0.25, 0.3) is 10.1 Å². The number of aromatic nitrogens is 1. The molecule has 4 rings (SSSR count). The Morgan fingerprint density at radius 2 is 2.11 bits per heavy atom. The first kappa shape index (κ1) is 18.0. The third kappa shape index (κ3) is 4.30. The quantitative estimate of drug-likeness (QED) is 0.651. The van der Waals surface area contributed by atoms with Crippen LogP contribution in [0.5, 0.6) is 0 Å². The van der Waals surface area contributed by atoms with E-state index in [2.05, 4.69) is 57.0 Å². The summed E-state index contributed by atoms with van der Waals surface area (Å²) in [7, 11) is 0. The van der Waals surface area contributed by atoms with Gasteiger partial charge in [0.25, 0.3) is 0 Å². The molecule has 1 aromatic carbocycles. The van der Waals surface area contributed by atoms with Crippen molar-refractivity contribution in [2.45, 2.75) is 25.7 Å². The summed E-state index contributed by atoms with van der Waals surface area (Å²) in [5, 5.41) is 6.45. The van der Waals surface area contributed by atoms with E-state index in [1.54, 1.807) is 11.3 Å². The lowest BCUT2D eigenvalue weighted by Crippen LogP contribution is -2.43. The molecule has 140 valence electrons. The molecule has 1 N–H and O–H groups in total. The molecular formula is C22H25N3OS. The third-order valence-corrected chi connectivity index (χ3v) is 6.12. The average molecular weight is 380 g/mol. The maximum atomic E-state index is 12.6. The fourth-order valence-electron chi connectivity index (χ4n) is 3.81. The topological polar surface area (TPSA) is 45.2 Å². The monoisotopic (exact) mass is 379 g/mol. The molecule has 27 heavy (non-hydrogen) atoms. The average Bonchev–Trinajstić information content (AvgIpc) is 3.21. The van der Waals surface area contributed by atoms with E-state index < -0.39 is 0 Å². The van der Waals surface area contributed by atoms with Crippen LogP contribution in [0.3, 0.4) is 0 Å². The summed E-state index contributed by atoms with van der Waals surface area (Å²) in [6.07, 6.45) is 5.84. The van der Waals surface area contributed by atoms with Gasteiger partial charge in [0.1, 0.15) is 5.82 Å². The SMILES string of the molecule is O=C(NCCCc1ccccc1)C1CCCN(c2nccc3sccc23)C1. The number of anilines is 1. The van der Waals surface area contributed by atoms with Crippen molar-refractivity contribution >= 4 is 33.1 Å². The van der Waals surface area contributed by atoms with Gasteiger partial charge in [-0.25, -0.2) is 4.98 Å². The Balaban J connectivity index is 1.31. The lowest BCUT2D eigenvalue weighted by molar-refractivity contribution is -0.125. The first-order chi connectivity index (χ1) is 13.3. The number of rotatable bonds is 6. The van der Waals surface area contributed by atoms with Crippen LogP contribution in [-0.2, 0) is 11.2 Å². The number of thiophene rings is 1. The van der Waals surface area contributed by atoms with Crippen molar-refractivity contribution in [1.29, 1.82) is 0 Å². The minimum absolute atomic E-state index is 0.0474. The van der Waals surface area contributed by atoms with E-state index in [4.69, 9.17) is 0 Å². The molecule has 1 aliphatic rings. The van der Waals surface area contributed by atoms with Gasteiger partial charge in [-0.3, -0.25) is 4.79 Å². The molecule has 1 saturated heterocycles. The van der Waals surface area contributed by atoms with Crippen LogP contribution in [-0.4, -0.2) is 30.5 Å². The van der Waals surface area contributed by atoms with Gasteiger partial charge < -0.3 is 10.2 Å². The summed E-state index contributed by atoms with van der Waals surface area (Å²) in [5.74, 6) is 1.26. The Bertz CT molecular complexity index is 893. The van der Waals surface area contributed by atoms with E-state index in [1.165, 1.54) is 15.6 Å². The molecule has 1 atom stereocenters. The molecule has 1 unspecified atom stereocenters. The third-order valence-electron chi connectivity index (χ3n) is 5.23. The Labute approximate surface area is 164 Å². The van der Waals surface area contributed by atoms with Crippen molar-refractivity contribution in [1.82, 2.24) is 10.3 Å². The summed E-state index contributed by atoms with van der Waals surface area (Å²) in [6, 6.07) is 14.6. The highest BCUT2D eigenvalue weighted by molar-refractivity contribution is 7.17. The van der Waals surface area contributed by atoms with Gasteiger partial charge in [0.2, 0.25) is 5.91 Å². The molecule has 3 aromatic rings. The molecule has 4 nitrogen and oxygen atoms in total. The summed E-state index contributed by atoms with van der Waals surface area (Å²) in [6.45, 7) is 2.47. The van der Waals surface area contributed by atoms with Gasteiger partial charge in [-0.05, 0) is 48.8 Å². The smallest absolute Gasteiger partial charge is 0.224 e. The Kier molecular flexibility index (Phi) is 5.68. The molecule has 1 aliphatic heterocycles. The first-order valence-corrected chi connectivity index (χ1v) is 10.6. The van der Waals surface area contributed by atoms with Crippen molar-refractivity contribution in [3.8, 4) is 0 Å². The fraction of sp³-hybridized carbons (Fsp3) is 0.364. The zero-order chi connectivity index (χ0) is 18.5. The van der Waals surface area contributed by atoms with E-state index in [0.29, 0.717) is 0 Å². The molecule has 3 heterocycles. The summed E-state index contributed by atoms with van der Waals surface area (Å²) in [4.78, 5) is 19.5. The standard InChI is InChI=1S/C22H25N3OS/c26-22(24-12-4-8-17-6-2-1-3-7-17)18-9-5-14-25(16-18)21-19-11-15-27-20(19)10-13-23-21/h1-3,6-7,10-11,13,15,18H,4-5,8-9,12,14,16H2,(H,24,26). The van der Waals surface area contributed by atoms with E-state index >= 15 is 0 Å². The number of benzene rings is 1. The van der Waals surface area contributed by atoms with Gasteiger partial charge >= 0.3 is 0 Å². The lowest BCUT2D eigenvalue weighted by atomic mass is 9.96. The highest BCUT2D eigenvalue weighted by Crippen LogP contribution is 2.31. The maximum absolute atomic E-state index is 12.6. The van der Waals surface area contributed by atoms with Crippen molar-refractivity contribution in [3.63, 3.8) is 0 Å². The molecule has 0 radical (unpaired) electrons. The van der Waals surface area contributed by atoms with Crippen LogP contribution >= 0.6 is 11.3 Å². The second-order valence-corrected chi connectivity index (χ2v) is 8.08. The van der Waals surface area contributed by atoms with E-state index in [0.717, 1.165) is 51.1 Å². The van der Waals surface area contributed by atoms with Crippen LogP contribution in [0.15, 0.2) is 54.0 Å². The van der Waals surface area contributed by atoms with Crippen molar-refractivity contribution in [2.75, 3.05) is 24.5 Å². The molecule has 5 heteroatoms. The van der Waals surface area contributed by atoms with Gasteiger partial charge in [-0.1, -0.05) is 30.3 Å². The van der Waals surface area contributed by atoms with Crippen LogP contribution in [0.1, 0.15) is 24.8 Å². The zero-order valence-corrected chi connectivity index (χ0v) is 16.3. The molecule has 0 saturated carbocycles. The molecule has 1 amide bonds. The van der Waals surface area contributed by atoms with Crippen LogP contribution in [0.4, 0.5) is 5.82 Å². The first-order valence-electron chi connectivity index (χ1n) is 9.70. The number of aryl methyl sites for hydroxylation is 1. The Morgan fingerprint density at radius 3 is 3.00 bits per heavy atom. The minimum atomic E-state index is 0.0474. The second-order valence-electron chi connectivity index (χ2n) is 7.13. The number of nitrogens with one attached hydrogen (secondary N) is 1. The molecular weight excluding hydrogens is 354 g/mol. The Hall–Kier alpha value is -2.40. The largest absolute Gasteiger partial charge is 0.356 e. The van der Waals surface area contributed by atoms with Crippen LogP contribution < -0.4 is 10.2 Å². The molecule has 0 bridgehead atoms. The zero-order valence-electron chi connectivity index (χ0n) is 15.4. The normalized spacial score (nSPS) is 17.2. The van der Waals surface area contributed by atoms with Crippen LogP contribution in [0.2, 0.25) is 0 Å². The van der Waals surface area contributed by atoms with Gasteiger partial charge in [0, 0.05) is 35.9 Å². The molecule has 2 aromatic heterocycles. The number of carbonyl (C=O) groups is 1. The van der Waals surface area contributed by atoms with E-state index in [9.17, 15) is 4.79 Å². The molecule has 1 fully saturated rings. The van der Waals surface area contributed by atoms with Gasteiger partial charge in [-0.15, -0.1) is 11.3 Å². The summed E-state index contributed by atoms with van der Waals surface area (Å²) in [5.41, 5.74) is 1.32. The number of hydrogen-bond acceptors (Lipinski definition) is 4. The number of nitrogens with zero attached hydrogens (tertiary/aromatic N) is 2. The highest BCUT2D eigenvalue weighted by atomic mass is 32.1. The van der Waals surface area contributed by atoms with Gasteiger partial charge in [0.05, 0.1) is 5.92 Å². The molecule has 0 aliphatic carbocycles. The fourth-order valence-corrected chi connectivity index (χ4v) is 4.58. The maximum Gasteiger partial charge on any atom is 0.224 e. The van der Waals surface area contributed by atoms with Crippen molar-refractivity contribution < 1.29 is 4.79 Å². The highest BCUT2D eigenvalue weighted by Gasteiger charge is 2.27. The number of piperidine rings is 1. The number of hydrogen-bond donors (Lipinski definition) is 1. The second kappa shape index (κ2) is 8.53. The van der Waals surface area contributed by atoms with Crippen LogP contribution in [0, 0.1) is 5.92 Å². The summed E-state index contributed by atoms with van der Waals surface area (Å²) < 4.78 is 1.26. The predicted octanol–water partition coefficient (Wildman–Crippen LogP) is 4.26. The van der Waals surface area contributed by atoms with E-state index in [-0.39, 0.29) is 11.8 Å². The number of fused-ring (bicyclic) bond motifs is 1. The Morgan fingerprint density at radius 1 is 1.22 bits per heavy atom. The van der Waals surface area contributed by atoms with Gasteiger partial charge in [0.15, 0.2) is 0 Å². The number of amides is 1. The van der Waals surface area contributed by atoms with Crippen molar-refractivity contribution in [2.24, 2.45) is 5.92 Å². The predicted molar refractivity (Wildman–Crippen MR) is 112 cm³/mol. The number of pyridine rings is 1. The molecule has 0 spiro atoms. The van der Waals surface area contributed by atoms with E-state index in [1.807, 2.05) is 12.3 Å².